The molecule has 0 spiro atoms. The molecule has 6 heteroatoms. The van der Waals surface area contributed by atoms with Gasteiger partial charge in [0.2, 0.25) is 5.91 Å². The molecule has 1 atom stereocenters. The predicted molar refractivity (Wildman–Crippen MR) is 126 cm³/mol. The van der Waals surface area contributed by atoms with Gasteiger partial charge in [-0.05, 0) is 49.3 Å². The standard InChI is InChI=1S/C26H32N4O2/c31-24(14-13-20-8-3-1-4-9-20)28-17-15-22(19-28)30-25-23(12-7-16-27-25)29(26(30)32)18-21-10-5-2-6-11-21/h1,3-4,7-9,12,16,21-22H,2,5-6,10-11,13-15,17-19H2/t22-/m1/s1. The molecule has 5 rings (SSSR count). The summed E-state index contributed by atoms with van der Waals surface area (Å²) in [7, 11) is 0. The van der Waals surface area contributed by atoms with Crippen LogP contribution in [0.5, 0.6) is 0 Å². The summed E-state index contributed by atoms with van der Waals surface area (Å²) in [4.78, 5) is 32.9. The SMILES string of the molecule is O=C(CCc1ccccc1)N1CC[C@@H](n2c(=O)n(CC3CCCCC3)c3cccnc32)C1. The van der Waals surface area contributed by atoms with E-state index in [1.807, 2.05) is 44.4 Å². The molecule has 0 radical (unpaired) electrons. The number of aromatic nitrogens is 3. The van der Waals surface area contributed by atoms with Gasteiger partial charge in [0, 0.05) is 32.3 Å². The minimum absolute atomic E-state index is 0.00631. The van der Waals surface area contributed by atoms with E-state index in [9.17, 15) is 9.59 Å². The van der Waals surface area contributed by atoms with Gasteiger partial charge in [-0.2, -0.15) is 0 Å². The van der Waals surface area contributed by atoms with Crippen molar-refractivity contribution >= 4 is 17.1 Å². The third-order valence-electron chi connectivity index (χ3n) is 7.24. The maximum Gasteiger partial charge on any atom is 0.330 e. The van der Waals surface area contributed by atoms with Gasteiger partial charge >= 0.3 is 5.69 Å². The van der Waals surface area contributed by atoms with E-state index in [4.69, 9.17) is 0 Å². The van der Waals surface area contributed by atoms with Crippen molar-refractivity contribution in [1.82, 2.24) is 19.0 Å². The lowest BCUT2D eigenvalue weighted by Gasteiger charge is -2.21. The summed E-state index contributed by atoms with van der Waals surface area (Å²) in [6.45, 7) is 2.07. The highest BCUT2D eigenvalue weighted by Crippen LogP contribution is 2.28. The average molecular weight is 433 g/mol. The van der Waals surface area contributed by atoms with Gasteiger partial charge in [0.25, 0.3) is 0 Å². The number of aryl methyl sites for hydroxylation is 1. The maximum absolute atomic E-state index is 13.5. The number of rotatable bonds is 6. The number of imidazole rings is 1. The lowest BCUT2D eigenvalue weighted by molar-refractivity contribution is -0.130. The minimum Gasteiger partial charge on any atom is -0.341 e. The van der Waals surface area contributed by atoms with Crippen molar-refractivity contribution in [2.45, 2.75) is 64.0 Å². The van der Waals surface area contributed by atoms with Crippen LogP contribution in [0.25, 0.3) is 11.2 Å². The molecule has 168 valence electrons. The molecule has 0 unspecified atom stereocenters. The van der Waals surface area contributed by atoms with Crippen molar-refractivity contribution < 1.29 is 4.79 Å². The first kappa shape index (κ1) is 21.0. The monoisotopic (exact) mass is 432 g/mol. The Morgan fingerprint density at radius 3 is 2.62 bits per heavy atom. The van der Waals surface area contributed by atoms with Gasteiger partial charge in [0.15, 0.2) is 5.65 Å². The molecule has 1 aromatic carbocycles. The van der Waals surface area contributed by atoms with E-state index in [2.05, 4.69) is 17.1 Å². The average Bonchev–Trinajstić information content (AvgIpc) is 3.42. The van der Waals surface area contributed by atoms with Crippen molar-refractivity contribution in [2.24, 2.45) is 5.92 Å². The second-order valence-corrected chi connectivity index (χ2v) is 9.38. The lowest BCUT2D eigenvalue weighted by atomic mass is 9.89. The van der Waals surface area contributed by atoms with Crippen LogP contribution in [0.3, 0.4) is 0 Å². The second-order valence-electron chi connectivity index (χ2n) is 9.38. The first-order valence-corrected chi connectivity index (χ1v) is 12.1. The summed E-state index contributed by atoms with van der Waals surface area (Å²) in [5.74, 6) is 0.739. The maximum atomic E-state index is 13.5. The van der Waals surface area contributed by atoms with Crippen LogP contribution in [0.1, 0.15) is 56.6 Å². The third-order valence-corrected chi connectivity index (χ3v) is 7.24. The van der Waals surface area contributed by atoms with E-state index in [1.165, 1.54) is 37.7 Å². The molecule has 1 aliphatic heterocycles. The van der Waals surface area contributed by atoms with Crippen LogP contribution >= 0.6 is 0 Å². The molecule has 1 saturated heterocycles. The quantitative estimate of drug-likeness (QED) is 0.587. The van der Waals surface area contributed by atoms with Crippen LogP contribution in [-0.2, 0) is 17.8 Å². The van der Waals surface area contributed by atoms with Crippen LogP contribution in [-0.4, -0.2) is 38.0 Å². The first-order chi connectivity index (χ1) is 15.7. The molecule has 0 N–H and O–H groups in total. The molecule has 3 aromatic rings. The van der Waals surface area contributed by atoms with Crippen LogP contribution < -0.4 is 5.69 Å². The first-order valence-electron chi connectivity index (χ1n) is 12.1. The molecule has 2 aliphatic rings. The zero-order valence-corrected chi connectivity index (χ0v) is 18.7. The Hall–Kier alpha value is -2.89. The van der Waals surface area contributed by atoms with Gasteiger partial charge < -0.3 is 4.90 Å². The summed E-state index contributed by atoms with van der Waals surface area (Å²) >= 11 is 0. The van der Waals surface area contributed by atoms with Crippen molar-refractivity contribution in [2.75, 3.05) is 13.1 Å². The summed E-state index contributed by atoms with van der Waals surface area (Å²) in [6, 6.07) is 14.1. The fourth-order valence-electron chi connectivity index (χ4n) is 5.48. The number of hydrogen-bond acceptors (Lipinski definition) is 3. The van der Waals surface area contributed by atoms with Gasteiger partial charge in [-0.3, -0.25) is 13.9 Å². The van der Waals surface area contributed by atoms with Gasteiger partial charge in [0.05, 0.1) is 11.6 Å². The smallest absolute Gasteiger partial charge is 0.330 e. The zero-order valence-electron chi connectivity index (χ0n) is 18.7. The van der Waals surface area contributed by atoms with E-state index in [0.29, 0.717) is 25.4 Å². The van der Waals surface area contributed by atoms with E-state index in [1.54, 1.807) is 6.20 Å². The summed E-state index contributed by atoms with van der Waals surface area (Å²) in [6.07, 6.45) is 10.1. The van der Waals surface area contributed by atoms with E-state index in [0.717, 1.165) is 30.6 Å². The number of hydrogen-bond donors (Lipinski definition) is 0. The molecule has 2 aromatic heterocycles. The number of benzene rings is 1. The Labute approximate surface area is 188 Å². The second kappa shape index (κ2) is 9.31. The van der Waals surface area contributed by atoms with Crippen LogP contribution in [0, 0.1) is 5.92 Å². The number of nitrogens with zero attached hydrogens (tertiary/aromatic N) is 4. The highest BCUT2D eigenvalue weighted by atomic mass is 16.2. The number of carbonyl (C=O) groups is 1. The number of fused-ring (bicyclic) bond motifs is 1. The minimum atomic E-state index is -0.00631. The largest absolute Gasteiger partial charge is 0.341 e. The van der Waals surface area contributed by atoms with Crippen LogP contribution in [0.2, 0.25) is 0 Å². The van der Waals surface area contributed by atoms with Gasteiger partial charge in [-0.25, -0.2) is 9.78 Å². The van der Waals surface area contributed by atoms with Gasteiger partial charge in [0.1, 0.15) is 0 Å². The Morgan fingerprint density at radius 1 is 1.00 bits per heavy atom. The van der Waals surface area contributed by atoms with Crippen molar-refractivity contribution in [3.8, 4) is 0 Å². The molecule has 6 nitrogen and oxygen atoms in total. The third kappa shape index (κ3) is 4.23. The molecule has 0 bridgehead atoms. The Morgan fingerprint density at radius 2 is 1.81 bits per heavy atom. The Kier molecular flexibility index (Phi) is 6.10. The molecule has 1 aliphatic carbocycles. The zero-order chi connectivity index (χ0) is 21.9. The highest BCUT2D eigenvalue weighted by molar-refractivity contribution is 5.77. The lowest BCUT2D eigenvalue weighted by Crippen LogP contribution is -2.33. The highest BCUT2D eigenvalue weighted by Gasteiger charge is 2.31. The molecule has 2 fully saturated rings. The predicted octanol–water partition coefficient (Wildman–Crippen LogP) is 4.18. The van der Waals surface area contributed by atoms with E-state index in [-0.39, 0.29) is 17.6 Å². The summed E-state index contributed by atoms with van der Waals surface area (Å²) < 4.78 is 3.81. The topological polar surface area (TPSA) is 60.1 Å². The summed E-state index contributed by atoms with van der Waals surface area (Å²) in [5.41, 5.74) is 2.91. The molecule has 1 saturated carbocycles. The number of carbonyl (C=O) groups excluding carboxylic acids is 1. The summed E-state index contributed by atoms with van der Waals surface area (Å²) in [5, 5.41) is 0. The van der Waals surface area contributed by atoms with Gasteiger partial charge in [-0.15, -0.1) is 0 Å². The normalized spacial score (nSPS) is 19.6. The van der Waals surface area contributed by atoms with E-state index < -0.39 is 0 Å². The molecule has 3 heterocycles. The molecular weight excluding hydrogens is 400 g/mol. The molecular formula is C26H32N4O2. The number of amides is 1. The van der Waals surface area contributed by atoms with Gasteiger partial charge in [-0.1, -0.05) is 49.6 Å². The number of pyridine rings is 1. The van der Waals surface area contributed by atoms with Crippen LogP contribution in [0.4, 0.5) is 0 Å². The Bertz CT molecular complexity index is 1130. The van der Waals surface area contributed by atoms with Crippen molar-refractivity contribution in [3.63, 3.8) is 0 Å². The van der Waals surface area contributed by atoms with Crippen molar-refractivity contribution in [1.29, 1.82) is 0 Å². The van der Waals surface area contributed by atoms with E-state index >= 15 is 0 Å². The molecule has 1 amide bonds. The Balaban J connectivity index is 1.33. The molecule has 32 heavy (non-hydrogen) atoms. The van der Waals surface area contributed by atoms with Crippen LogP contribution in [0.15, 0.2) is 53.5 Å². The fourth-order valence-corrected chi connectivity index (χ4v) is 5.48. The van der Waals surface area contributed by atoms with Crippen molar-refractivity contribution in [3.05, 3.63) is 64.7 Å². The number of likely N-dealkylation sites (tertiary alicyclic amines) is 1. The fraction of sp³-hybridized carbons (Fsp3) is 0.500.